The van der Waals surface area contributed by atoms with Gasteiger partial charge in [0.05, 0.1) is 16.7 Å². The van der Waals surface area contributed by atoms with Gasteiger partial charge in [-0.2, -0.15) is 0 Å². The van der Waals surface area contributed by atoms with E-state index in [1.807, 2.05) is 0 Å². The number of rotatable bonds is 10. The minimum atomic E-state index is -3.62. The summed E-state index contributed by atoms with van der Waals surface area (Å²) in [6.07, 6.45) is 2.59. The summed E-state index contributed by atoms with van der Waals surface area (Å²) in [7, 11) is -3.62. The lowest BCUT2D eigenvalue weighted by Gasteiger charge is -2.39. The van der Waals surface area contributed by atoms with Crippen molar-refractivity contribution >= 4 is 33.2 Å². The van der Waals surface area contributed by atoms with Gasteiger partial charge in [0.25, 0.3) is 11.8 Å². The zero-order valence-electron chi connectivity index (χ0n) is 22.9. The lowest BCUT2D eigenvalue weighted by atomic mass is 10.0. The van der Waals surface area contributed by atoms with Crippen molar-refractivity contribution in [3.05, 3.63) is 57.6 Å². The van der Waals surface area contributed by atoms with Gasteiger partial charge in [0, 0.05) is 37.4 Å². The Hall–Kier alpha value is -2.99. The lowest BCUT2D eigenvalue weighted by Crippen LogP contribution is -2.53. The second kappa shape index (κ2) is 11.5. The molecule has 8 nitrogen and oxygen atoms in total. The van der Waals surface area contributed by atoms with Crippen molar-refractivity contribution in [2.45, 2.75) is 58.1 Å². The summed E-state index contributed by atoms with van der Waals surface area (Å²) >= 11 is 0.644. The molecule has 40 heavy (non-hydrogen) atoms. The number of carbonyl (C=O) groups is 2. The molecule has 2 amide bonds. The maximum absolute atomic E-state index is 14.1. The van der Waals surface area contributed by atoms with Crippen molar-refractivity contribution < 1.29 is 36.3 Å². The van der Waals surface area contributed by atoms with Gasteiger partial charge >= 0.3 is 6.09 Å². The van der Waals surface area contributed by atoms with Crippen LogP contribution in [0.1, 0.15) is 55.1 Å². The van der Waals surface area contributed by atoms with Crippen molar-refractivity contribution in [3.63, 3.8) is 0 Å². The van der Waals surface area contributed by atoms with Crippen LogP contribution in [-0.4, -0.2) is 55.8 Å². The van der Waals surface area contributed by atoms with Crippen LogP contribution in [0.2, 0.25) is 0 Å². The molecule has 1 saturated heterocycles. The molecule has 1 saturated carbocycles. The van der Waals surface area contributed by atoms with E-state index in [4.69, 9.17) is 9.47 Å². The topological polar surface area (TPSA) is 102 Å². The van der Waals surface area contributed by atoms with Crippen molar-refractivity contribution in [1.29, 1.82) is 0 Å². The molecule has 1 N–H and O–H groups in total. The quantitative estimate of drug-likeness (QED) is 0.363. The van der Waals surface area contributed by atoms with E-state index in [0.29, 0.717) is 17.1 Å². The molecule has 2 aliphatic rings. The van der Waals surface area contributed by atoms with Crippen LogP contribution in [0, 0.1) is 11.8 Å². The highest BCUT2D eigenvalue weighted by molar-refractivity contribution is 7.94. The van der Waals surface area contributed by atoms with Gasteiger partial charge in [-0.15, -0.1) is 11.3 Å². The van der Waals surface area contributed by atoms with E-state index < -0.39 is 39.4 Å². The number of nitrogens with one attached hydrogen (secondary N) is 1. The van der Waals surface area contributed by atoms with Crippen LogP contribution >= 0.6 is 11.3 Å². The predicted octanol–water partition coefficient (Wildman–Crippen LogP) is 5.96. The number of hydrogen-bond donors (Lipinski definition) is 1. The van der Waals surface area contributed by atoms with Gasteiger partial charge < -0.3 is 19.7 Å². The van der Waals surface area contributed by atoms with E-state index in [2.05, 4.69) is 5.32 Å². The van der Waals surface area contributed by atoms with E-state index in [1.54, 1.807) is 51.1 Å². The Bertz CT molecular complexity index is 1350. The molecule has 1 aromatic heterocycles. The van der Waals surface area contributed by atoms with Gasteiger partial charge in [-0.1, -0.05) is 24.3 Å². The molecule has 0 radical (unpaired) electrons. The monoisotopic (exact) mass is 596 g/mol. The molecular formula is C28H34F2N2O6S2. The highest BCUT2D eigenvalue weighted by atomic mass is 32.2. The number of halogens is 2. The Morgan fingerprint density at radius 2 is 1.80 bits per heavy atom. The van der Waals surface area contributed by atoms with Crippen LogP contribution in [0.3, 0.4) is 0 Å². The van der Waals surface area contributed by atoms with Gasteiger partial charge in [-0.25, -0.2) is 22.0 Å². The first-order chi connectivity index (χ1) is 18.6. The summed E-state index contributed by atoms with van der Waals surface area (Å²) < 4.78 is 64.8. The van der Waals surface area contributed by atoms with Gasteiger partial charge in [-0.3, -0.25) is 4.79 Å². The number of carbonyl (C=O) groups excluding carboxylic acids is 2. The maximum Gasteiger partial charge on any atom is 0.410 e. The Labute approximate surface area is 237 Å². The summed E-state index contributed by atoms with van der Waals surface area (Å²) in [5.41, 5.74) is -0.629. The Balaban J connectivity index is 1.41. The Morgan fingerprint density at radius 3 is 2.38 bits per heavy atom. The van der Waals surface area contributed by atoms with Crippen molar-refractivity contribution in [1.82, 2.24) is 10.2 Å². The average Bonchev–Trinajstić information content (AvgIpc) is 3.56. The van der Waals surface area contributed by atoms with Crippen LogP contribution in [-0.2, 0) is 20.5 Å². The van der Waals surface area contributed by atoms with Crippen molar-refractivity contribution in [3.8, 4) is 11.5 Å². The molecule has 218 valence electrons. The molecular weight excluding hydrogens is 562 g/mol. The molecule has 1 aliphatic carbocycles. The number of para-hydroxylation sites is 1. The molecule has 4 rings (SSSR count). The largest absolute Gasteiger partial charge is 0.456 e. The number of sulfone groups is 1. The second-order valence-electron chi connectivity index (χ2n) is 11.4. The van der Waals surface area contributed by atoms with Crippen LogP contribution < -0.4 is 10.1 Å². The highest BCUT2D eigenvalue weighted by Crippen LogP contribution is 2.41. The first-order valence-electron chi connectivity index (χ1n) is 13.0. The maximum atomic E-state index is 14.1. The van der Waals surface area contributed by atoms with Crippen LogP contribution in [0.5, 0.6) is 11.5 Å². The SMILES string of the molecule is CC(C)(C)OC(=O)N1CC(CS(=O)(=O)/C=C/[C@@H](NC(=O)c2sc(C(C)(F)F)cc2Oc2ccccc2)C2CC2)C1. The van der Waals surface area contributed by atoms with Crippen LogP contribution in [0.15, 0.2) is 47.9 Å². The number of thiophene rings is 1. The van der Waals surface area contributed by atoms with E-state index in [0.717, 1.165) is 31.2 Å². The minimum Gasteiger partial charge on any atom is -0.456 e. The number of alkyl halides is 2. The van der Waals surface area contributed by atoms with Gasteiger partial charge in [0.15, 0.2) is 15.6 Å². The molecule has 2 heterocycles. The second-order valence-corrected chi connectivity index (χ2v) is 14.3. The zero-order chi connectivity index (χ0) is 29.3. The summed E-state index contributed by atoms with van der Waals surface area (Å²) in [6, 6.07) is 9.12. The van der Waals surface area contributed by atoms with E-state index >= 15 is 0 Å². The number of hydrogen-bond acceptors (Lipinski definition) is 7. The molecule has 12 heteroatoms. The van der Waals surface area contributed by atoms with Gasteiger partial charge in [0.2, 0.25) is 0 Å². The van der Waals surface area contributed by atoms with Crippen molar-refractivity contribution in [2.75, 3.05) is 18.8 Å². The van der Waals surface area contributed by atoms with Gasteiger partial charge in [0.1, 0.15) is 16.2 Å². The first kappa shape index (κ1) is 30.0. The van der Waals surface area contributed by atoms with Crippen LogP contribution in [0.25, 0.3) is 0 Å². The standard InChI is InChI=1S/C28H34F2N2O6S2/c1-27(2,3)38-26(34)32-15-18(16-32)17-40(35,36)13-12-21(19-10-11-19)31-25(33)24-22(14-23(39-24)28(4,29)30)37-20-8-6-5-7-9-20/h5-9,12-14,18-19,21H,10-11,15-17H2,1-4H3,(H,31,33)/b13-12+/t21-/m1/s1. The highest BCUT2D eigenvalue weighted by Gasteiger charge is 2.37. The predicted molar refractivity (Wildman–Crippen MR) is 149 cm³/mol. The molecule has 1 aromatic carbocycles. The lowest BCUT2D eigenvalue weighted by molar-refractivity contribution is 0.00190. The van der Waals surface area contributed by atoms with Crippen LogP contribution in [0.4, 0.5) is 13.6 Å². The normalized spacial score (nSPS) is 17.4. The van der Waals surface area contributed by atoms with E-state index in [9.17, 15) is 26.8 Å². The number of benzene rings is 1. The summed E-state index contributed by atoms with van der Waals surface area (Å²) in [6.45, 7) is 6.62. The van der Waals surface area contributed by atoms with E-state index in [1.165, 1.54) is 11.0 Å². The number of nitrogens with zero attached hydrogens (tertiary/aromatic N) is 1. The third-order valence-electron chi connectivity index (χ3n) is 6.31. The summed E-state index contributed by atoms with van der Waals surface area (Å²) in [4.78, 5) is 26.5. The summed E-state index contributed by atoms with van der Waals surface area (Å²) in [5.74, 6) is -3.67. The average molecular weight is 597 g/mol. The third-order valence-corrected chi connectivity index (χ3v) is 9.10. The fraction of sp³-hybridized carbons (Fsp3) is 0.500. The van der Waals surface area contributed by atoms with Crippen molar-refractivity contribution in [2.24, 2.45) is 11.8 Å². The third kappa shape index (κ3) is 8.26. The Kier molecular flexibility index (Phi) is 8.60. The molecule has 0 spiro atoms. The zero-order valence-corrected chi connectivity index (χ0v) is 24.5. The molecule has 2 fully saturated rings. The fourth-order valence-corrected chi connectivity index (χ4v) is 6.48. The van der Waals surface area contributed by atoms with E-state index in [-0.39, 0.29) is 46.2 Å². The molecule has 0 unspecified atom stereocenters. The smallest absolute Gasteiger partial charge is 0.410 e. The number of amides is 2. The number of ether oxygens (including phenoxy) is 2. The molecule has 1 atom stereocenters. The fourth-order valence-electron chi connectivity index (χ4n) is 4.17. The summed E-state index contributed by atoms with van der Waals surface area (Å²) in [5, 5.41) is 3.91. The first-order valence-corrected chi connectivity index (χ1v) is 15.6. The number of likely N-dealkylation sites (tertiary alicyclic amines) is 1. The Morgan fingerprint density at radius 1 is 1.15 bits per heavy atom. The van der Waals surface area contributed by atoms with Gasteiger partial charge in [-0.05, 0) is 51.7 Å². The minimum absolute atomic E-state index is 0.0101. The molecule has 2 aromatic rings. The molecule has 0 bridgehead atoms. The molecule has 1 aliphatic heterocycles.